The molecule has 0 unspecified atom stereocenters. The van der Waals surface area contributed by atoms with Crippen LogP contribution in [0.4, 0.5) is 13.9 Å². The standard InChI is InChI=1S/C25H30F2N4O3S2.ClH/c1-3-29(4-2)14-15-31(25-28-23-21(27)16-19(26)17-22(23)35-25)24(32)18-8-10-20(11-9-18)36(33,34)30-12-6-5-7-13-30;/h8-11,16-17H,3-7,12-15H2,1-2H3;1H. The molecule has 1 aliphatic heterocycles. The molecule has 0 N–H and O–H groups in total. The fraction of sp³-hybridized carbons (Fsp3) is 0.440. The van der Waals surface area contributed by atoms with Gasteiger partial charge >= 0.3 is 0 Å². The fourth-order valence-electron chi connectivity index (χ4n) is 4.31. The predicted molar refractivity (Wildman–Crippen MR) is 145 cm³/mol. The molecule has 0 atom stereocenters. The van der Waals surface area contributed by atoms with Gasteiger partial charge < -0.3 is 4.90 Å². The summed E-state index contributed by atoms with van der Waals surface area (Å²) in [7, 11) is -3.62. The van der Waals surface area contributed by atoms with Crippen LogP contribution < -0.4 is 4.90 Å². The van der Waals surface area contributed by atoms with Crippen molar-refractivity contribution in [3.63, 3.8) is 0 Å². The summed E-state index contributed by atoms with van der Waals surface area (Å²) < 4.78 is 55.8. The lowest BCUT2D eigenvalue weighted by molar-refractivity contribution is 0.0983. The molecule has 3 aromatic rings. The van der Waals surface area contributed by atoms with E-state index in [1.165, 1.54) is 39.5 Å². The van der Waals surface area contributed by atoms with E-state index in [1.54, 1.807) is 0 Å². The minimum atomic E-state index is -3.62. The largest absolute Gasteiger partial charge is 0.302 e. The maximum absolute atomic E-state index is 14.3. The number of fused-ring (bicyclic) bond motifs is 1. The molecule has 2 heterocycles. The molecule has 1 saturated heterocycles. The van der Waals surface area contributed by atoms with E-state index in [0.29, 0.717) is 24.3 Å². The first-order chi connectivity index (χ1) is 17.2. The highest BCUT2D eigenvalue weighted by molar-refractivity contribution is 7.89. The van der Waals surface area contributed by atoms with Gasteiger partial charge in [0.1, 0.15) is 11.3 Å². The van der Waals surface area contributed by atoms with Crippen LogP contribution in [0.15, 0.2) is 41.3 Å². The van der Waals surface area contributed by atoms with E-state index in [4.69, 9.17) is 0 Å². The second-order valence-corrected chi connectivity index (χ2v) is 11.7. The Bertz CT molecular complexity index is 1330. The van der Waals surface area contributed by atoms with E-state index in [-0.39, 0.29) is 46.0 Å². The van der Waals surface area contributed by atoms with Crippen molar-refractivity contribution in [3.8, 4) is 0 Å². The lowest BCUT2D eigenvalue weighted by Gasteiger charge is -2.26. The van der Waals surface area contributed by atoms with Gasteiger partial charge in [-0.25, -0.2) is 22.2 Å². The smallest absolute Gasteiger partial charge is 0.260 e. The Morgan fingerprint density at radius 1 is 1.03 bits per heavy atom. The van der Waals surface area contributed by atoms with Crippen LogP contribution in [0.1, 0.15) is 43.5 Å². The Morgan fingerprint density at radius 3 is 2.30 bits per heavy atom. The van der Waals surface area contributed by atoms with Crippen LogP contribution in [0.5, 0.6) is 0 Å². The lowest BCUT2D eigenvalue weighted by atomic mass is 10.2. The van der Waals surface area contributed by atoms with E-state index in [0.717, 1.165) is 49.8 Å². The number of piperidine rings is 1. The number of halogens is 3. The van der Waals surface area contributed by atoms with E-state index in [1.807, 2.05) is 13.8 Å². The number of hydrogen-bond donors (Lipinski definition) is 0. The van der Waals surface area contributed by atoms with E-state index in [9.17, 15) is 22.0 Å². The normalized spacial score (nSPS) is 14.6. The third-order valence-electron chi connectivity index (χ3n) is 6.47. The maximum atomic E-state index is 14.3. The Kier molecular flexibility index (Phi) is 9.99. The van der Waals surface area contributed by atoms with Gasteiger partial charge in [-0.15, -0.1) is 12.4 Å². The minimum absolute atomic E-state index is 0. The van der Waals surface area contributed by atoms with Crippen molar-refractivity contribution in [2.24, 2.45) is 0 Å². The number of likely N-dealkylation sites (N-methyl/N-ethyl adjacent to an activating group) is 1. The first kappa shape index (κ1) is 29.4. The average Bonchev–Trinajstić information content (AvgIpc) is 3.31. The summed E-state index contributed by atoms with van der Waals surface area (Å²) in [4.78, 5) is 21.6. The summed E-state index contributed by atoms with van der Waals surface area (Å²) in [5.41, 5.74) is 0.304. The minimum Gasteiger partial charge on any atom is -0.302 e. The second kappa shape index (κ2) is 12.6. The number of benzene rings is 2. The number of rotatable bonds is 9. The van der Waals surface area contributed by atoms with Crippen molar-refractivity contribution < 1.29 is 22.0 Å². The Morgan fingerprint density at radius 2 is 1.68 bits per heavy atom. The number of amides is 1. The van der Waals surface area contributed by atoms with Crippen molar-refractivity contribution in [1.29, 1.82) is 0 Å². The molecule has 202 valence electrons. The zero-order valence-corrected chi connectivity index (χ0v) is 23.3. The van der Waals surface area contributed by atoms with Gasteiger partial charge in [-0.2, -0.15) is 4.31 Å². The van der Waals surface area contributed by atoms with Gasteiger partial charge in [0.15, 0.2) is 10.9 Å². The topological polar surface area (TPSA) is 73.8 Å². The highest BCUT2D eigenvalue weighted by Gasteiger charge is 2.27. The fourth-order valence-corrected chi connectivity index (χ4v) is 6.85. The van der Waals surface area contributed by atoms with Crippen molar-refractivity contribution in [2.45, 2.75) is 38.0 Å². The molecule has 0 spiro atoms. The van der Waals surface area contributed by atoms with Gasteiger partial charge in [-0.3, -0.25) is 9.69 Å². The quantitative estimate of drug-likeness (QED) is 0.354. The zero-order chi connectivity index (χ0) is 25.9. The molecular weight excluding hydrogens is 542 g/mol. The molecule has 0 bridgehead atoms. The summed E-state index contributed by atoms with van der Waals surface area (Å²) in [6.45, 7) is 7.47. The number of anilines is 1. The van der Waals surface area contributed by atoms with Crippen molar-refractivity contribution in [1.82, 2.24) is 14.2 Å². The average molecular weight is 573 g/mol. The number of carbonyl (C=O) groups excluding carboxylic acids is 1. The van der Waals surface area contributed by atoms with Gasteiger partial charge in [0.25, 0.3) is 5.91 Å². The molecule has 1 aromatic heterocycles. The Labute approximate surface area is 226 Å². The number of carbonyl (C=O) groups is 1. The number of nitrogens with zero attached hydrogens (tertiary/aromatic N) is 4. The first-order valence-electron chi connectivity index (χ1n) is 12.1. The second-order valence-electron chi connectivity index (χ2n) is 8.70. The maximum Gasteiger partial charge on any atom is 0.260 e. The van der Waals surface area contributed by atoms with Crippen LogP contribution in [-0.2, 0) is 10.0 Å². The van der Waals surface area contributed by atoms with Crippen LogP contribution in [0.2, 0.25) is 0 Å². The van der Waals surface area contributed by atoms with E-state index < -0.39 is 21.7 Å². The van der Waals surface area contributed by atoms with Gasteiger partial charge in [-0.05, 0) is 56.3 Å². The van der Waals surface area contributed by atoms with Crippen LogP contribution >= 0.6 is 23.7 Å². The monoisotopic (exact) mass is 572 g/mol. The van der Waals surface area contributed by atoms with Crippen LogP contribution in [0.3, 0.4) is 0 Å². The summed E-state index contributed by atoms with van der Waals surface area (Å²) in [6, 6.07) is 7.87. The SMILES string of the molecule is CCN(CC)CCN(C(=O)c1ccc(S(=O)(=O)N2CCCCC2)cc1)c1nc2c(F)cc(F)cc2s1.Cl. The predicted octanol–water partition coefficient (Wildman–Crippen LogP) is 5.16. The van der Waals surface area contributed by atoms with Crippen LogP contribution in [0.25, 0.3) is 10.2 Å². The molecule has 2 aromatic carbocycles. The molecule has 1 fully saturated rings. The molecule has 0 saturated carbocycles. The first-order valence-corrected chi connectivity index (χ1v) is 14.4. The summed E-state index contributed by atoms with van der Waals surface area (Å²) in [6.07, 6.45) is 2.69. The summed E-state index contributed by atoms with van der Waals surface area (Å²) in [5.74, 6) is -1.87. The van der Waals surface area contributed by atoms with Gasteiger partial charge in [-0.1, -0.05) is 31.6 Å². The zero-order valence-electron chi connectivity index (χ0n) is 20.8. The highest BCUT2D eigenvalue weighted by atomic mass is 35.5. The Hall–Kier alpha value is -2.18. The van der Waals surface area contributed by atoms with Gasteiger partial charge in [0, 0.05) is 37.8 Å². The van der Waals surface area contributed by atoms with E-state index >= 15 is 0 Å². The Balaban J connectivity index is 0.00000380. The lowest BCUT2D eigenvalue weighted by Crippen LogP contribution is -2.39. The number of aromatic nitrogens is 1. The van der Waals surface area contributed by atoms with Gasteiger partial charge in [0.2, 0.25) is 10.0 Å². The van der Waals surface area contributed by atoms with Crippen LogP contribution in [0, 0.1) is 11.6 Å². The van der Waals surface area contributed by atoms with Crippen molar-refractivity contribution in [3.05, 3.63) is 53.6 Å². The highest BCUT2D eigenvalue weighted by Crippen LogP contribution is 2.32. The van der Waals surface area contributed by atoms with Crippen molar-refractivity contribution >= 4 is 55.0 Å². The molecule has 1 aliphatic rings. The summed E-state index contributed by atoms with van der Waals surface area (Å²) >= 11 is 1.04. The molecule has 12 heteroatoms. The number of hydrogen-bond acceptors (Lipinski definition) is 6. The molecule has 0 radical (unpaired) electrons. The third-order valence-corrected chi connectivity index (χ3v) is 9.40. The molecule has 37 heavy (non-hydrogen) atoms. The number of sulfonamides is 1. The number of thiazole rings is 1. The molecule has 1 amide bonds. The molecule has 7 nitrogen and oxygen atoms in total. The molecule has 0 aliphatic carbocycles. The van der Waals surface area contributed by atoms with E-state index in [2.05, 4.69) is 9.88 Å². The van der Waals surface area contributed by atoms with Crippen molar-refractivity contribution in [2.75, 3.05) is 44.2 Å². The third kappa shape index (κ3) is 6.46. The molecule has 4 rings (SSSR count). The van der Waals surface area contributed by atoms with Gasteiger partial charge in [0.05, 0.1) is 9.60 Å². The molecular formula is C25H31ClF2N4O3S2. The van der Waals surface area contributed by atoms with Crippen LogP contribution in [-0.4, -0.2) is 67.8 Å². The summed E-state index contributed by atoms with van der Waals surface area (Å²) in [5, 5.41) is 0.261.